The van der Waals surface area contributed by atoms with E-state index in [1.165, 1.54) is 18.2 Å². The first-order chi connectivity index (χ1) is 17.1. The molecule has 0 radical (unpaired) electrons. The fourth-order valence-electron chi connectivity index (χ4n) is 5.17. The van der Waals surface area contributed by atoms with Crippen molar-refractivity contribution in [1.82, 2.24) is 9.80 Å². The van der Waals surface area contributed by atoms with Gasteiger partial charge in [0.25, 0.3) is 0 Å². The highest BCUT2D eigenvalue weighted by Gasteiger charge is 2.27. The summed E-state index contributed by atoms with van der Waals surface area (Å²) in [5.41, 5.74) is -0.0748. The summed E-state index contributed by atoms with van der Waals surface area (Å²) in [6.45, 7) is 6.47. The zero-order chi connectivity index (χ0) is 25.9. The molecule has 0 aromatic heterocycles. The normalized spacial score (nSPS) is 21.5. The first kappa shape index (κ1) is 26.9. The van der Waals surface area contributed by atoms with E-state index >= 15 is 0 Å². The van der Waals surface area contributed by atoms with Crippen molar-refractivity contribution < 1.29 is 28.1 Å². The Morgan fingerprint density at radius 2 is 1.67 bits per heavy atom. The van der Waals surface area contributed by atoms with Crippen LogP contribution in [0.2, 0.25) is 0 Å². The number of aliphatic hydroxyl groups is 2. The van der Waals surface area contributed by atoms with Gasteiger partial charge in [0, 0.05) is 25.2 Å². The van der Waals surface area contributed by atoms with Crippen LogP contribution in [-0.2, 0) is 0 Å². The second-order valence-electron chi connectivity index (χ2n) is 10.8. The largest absolute Gasteiger partial charge is 0.490 e. The molecule has 2 fully saturated rings. The molecular formula is C28H37F3N2O3. The van der Waals surface area contributed by atoms with E-state index in [4.69, 9.17) is 4.74 Å². The highest BCUT2D eigenvalue weighted by molar-refractivity contribution is 5.65. The quantitative estimate of drug-likeness (QED) is 0.533. The lowest BCUT2D eigenvalue weighted by Crippen LogP contribution is -2.41. The van der Waals surface area contributed by atoms with Gasteiger partial charge in [-0.2, -0.15) is 0 Å². The zero-order valence-corrected chi connectivity index (χ0v) is 21.1. The Labute approximate surface area is 211 Å². The van der Waals surface area contributed by atoms with Crippen LogP contribution in [0.15, 0.2) is 36.4 Å². The Balaban J connectivity index is 1.34. The second-order valence-corrected chi connectivity index (χ2v) is 10.8. The predicted octanol–water partition coefficient (Wildman–Crippen LogP) is 4.92. The van der Waals surface area contributed by atoms with Crippen LogP contribution < -0.4 is 4.74 Å². The van der Waals surface area contributed by atoms with E-state index in [1.807, 2.05) is 0 Å². The van der Waals surface area contributed by atoms with Crippen molar-refractivity contribution in [1.29, 1.82) is 0 Å². The average Bonchev–Trinajstić information content (AvgIpc) is 2.83. The summed E-state index contributed by atoms with van der Waals surface area (Å²) in [5.74, 6) is -0.654. The molecule has 2 N–H and O–H groups in total. The lowest BCUT2D eigenvalue weighted by Gasteiger charge is -2.34. The molecule has 5 nitrogen and oxygen atoms in total. The summed E-state index contributed by atoms with van der Waals surface area (Å²) in [7, 11) is 0. The van der Waals surface area contributed by atoms with E-state index in [0.717, 1.165) is 32.4 Å². The SMILES string of the molecule is CC(C)(F)CN1CCC(COc2ccc(-c3ccc(C(O)N4CCC[C@@H](O)C4)c(F)c3)cc2F)CC1. The number of nitrogens with zero attached hydrogens (tertiary/aromatic N) is 2. The van der Waals surface area contributed by atoms with Crippen molar-refractivity contribution in [3.05, 3.63) is 53.6 Å². The van der Waals surface area contributed by atoms with Crippen LogP contribution in [0.4, 0.5) is 13.2 Å². The lowest BCUT2D eigenvalue weighted by atomic mass is 9.96. The number of likely N-dealkylation sites (tertiary alicyclic amines) is 2. The Morgan fingerprint density at radius 1 is 1.00 bits per heavy atom. The molecule has 2 aliphatic rings. The number of aliphatic hydroxyl groups excluding tert-OH is 2. The van der Waals surface area contributed by atoms with Crippen LogP contribution >= 0.6 is 0 Å². The molecule has 1 unspecified atom stereocenters. The molecular weight excluding hydrogens is 469 g/mol. The first-order valence-electron chi connectivity index (χ1n) is 12.8. The van der Waals surface area contributed by atoms with Crippen LogP contribution in [0.25, 0.3) is 11.1 Å². The first-order valence-corrected chi connectivity index (χ1v) is 12.8. The molecule has 2 atom stereocenters. The van der Waals surface area contributed by atoms with Gasteiger partial charge in [0.05, 0.1) is 12.7 Å². The molecule has 2 aliphatic heterocycles. The van der Waals surface area contributed by atoms with E-state index in [0.29, 0.717) is 43.8 Å². The number of hydrogen-bond donors (Lipinski definition) is 2. The van der Waals surface area contributed by atoms with Gasteiger partial charge in [0.15, 0.2) is 11.6 Å². The number of β-amino-alcohol motifs (C(OH)–C–C–N with tert-alkyl or cyclic N) is 1. The van der Waals surface area contributed by atoms with Crippen molar-refractivity contribution in [3.63, 3.8) is 0 Å². The van der Waals surface area contributed by atoms with Gasteiger partial charge in [-0.25, -0.2) is 13.2 Å². The van der Waals surface area contributed by atoms with E-state index in [-0.39, 0.29) is 17.2 Å². The molecule has 198 valence electrons. The minimum atomic E-state index is -1.21. The molecule has 36 heavy (non-hydrogen) atoms. The fraction of sp³-hybridized carbons (Fsp3) is 0.571. The van der Waals surface area contributed by atoms with Crippen LogP contribution in [0.3, 0.4) is 0 Å². The molecule has 2 aromatic carbocycles. The minimum absolute atomic E-state index is 0.134. The number of piperidine rings is 2. The Morgan fingerprint density at radius 3 is 2.28 bits per heavy atom. The maximum Gasteiger partial charge on any atom is 0.165 e. The summed E-state index contributed by atoms with van der Waals surface area (Å²) in [4.78, 5) is 3.77. The smallest absolute Gasteiger partial charge is 0.165 e. The summed E-state index contributed by atoms with van der Waals surface area (Å²) in [6.07, 6.45) is 1.50. The van der Waals surface area contributed by atoms with E-state index in [1.54, 1.807) is 36.9 Å². The molecule has 2 aromatic rings. The molecule has 0 spiro atoms. The Kier molecular flexibility index (Phi) is 8.60. The van der Waals surface area contributed by atoms with Gasteiger partial charge >= 0.3 is 0 Å². The van der Waals surface area contributed by atoms with Crippen LogP contribution in [0.1, 0.15) is 51.3 Å². The molecule has 8 heteroatoms. The standard InChI is InChI=1S/C28H37F3N2O3/c1-28(2,31)18-32-12-9-19(10-13-32)17-36-26-8-6-21(15-25(26)30)20-5-7-23(24(29)14-20)27(35)33-11-3-4-22(34)16-33/h5-8,14-15,19,22,27,34-35H,3-4,9-13,16-18H2,1-2H3/t22-,27?/m1/s1. The maximum absolute atomic E-state index is 14.9. The third kappa shape index (κ3) is 7.00. The number of hydrogen-bond acceptors (Lipinski definition) is 5. The molecule has 0 bridgehead atoms. The van der Waals surface area contributed by atoms with Gasteiger partial charge in [-0.3, -0.25) is 4.90 Å². The van der Waals surface area contributed by atoms with Gasteiger partial charge < -0.3 is 19.8 Å². The van der Waals surface area contributed by atoms with E-state index in [9.17, 15) is 23.4 Å². The van der Waals surface area contributed by atoms with E-state index < -0.39 is 29.6 Å². The minimum Gasteiger partial charge on any atom is -0.490 e. The van der Waals surface area contributed by atoms with Gasteiger partial charge in [0.2, 0.25) is 0 Å². The number of alkyl halides is 1. The maximum atomic E-state index is 14.9. The third-order valence-electron chi connectivity index (χ3n) is 7.10. The summed E-state index contributed by atoms with van der Waals surface area (Å²) in [5, 5.41) is 20.4. The lowest BCUT2D eigenvalue weighted by molar-refractivity contribution is -0.0472. The van der Waals surface area contributed by atoms with Gasteiger partial charge in [0.1, 0.15) is 17.7 Å². The van der Waals surface area contributed by atoms with Crippen molar-refractivity contribution in [3.8, 4) is 16.9 Å². The van der Waals surface area contributed by atoms with Crippen LogP contribution in [0, 0.1) is 17.6 Å². The van der Waals surface area contributed by atoms with Crippen molar-refractivity contribution in [2.75, 3.05) is 39.3 Å². The van der Waals surface area contributed by atoms with Crippen LogP contribution in [0.5, 0.6) is 5.75 Å². The molecule has 4 rings (SSSR count). The molecule has 0 amide bonds. The number of halogens is 3. The van der Waals surface area contributed by atoms with Crippen LogP contribution in [-0.4, -0.2) is 71.1 Å². The van der Waals surface area contributed by atoms with Crippen molar-refractivity contribution >= 4 is 0 Å². The van der Waals surface area contributed by atoms with E-state index in [2.05, 4.69) is 4.90 Å². The zero-order valence-electron chi connectivity index (χ0n) is 21.1. The molecule has 2 heterocycles. The third-order valence-corrected chi connectivity index (χ3v) is 7.10. The summed E-state index contributed by atoms with van der Waals surface area (Å²) >= 11 is 0. The second kappa shape index (κ2) is 11.5. The average molecular weight is 507 g/mol. The highest BCUT2D eigenvalue weighted by Crippen LogP contribution is 2.31. The highest BCUT2D eigenvalue weighted by atomic mass is 19.1. The van der Waals surface area contributed by atoms with Gasteiger partial charge in [-0.05, 0) is 87.9 Å². The van der Waals surface area contributed by atoms with Gasteiger partial charge in [-0.15, -0.1) is 0 Å². The van der Waals surface area contributed by atoms with Crippen molar-refractivity contribution in [2.24, 2.45) is 5.92 Å². The monoisotopic (exact) mass is 506 g/mol. The Bertz CT molecular complexity index is 1020. The van der Waals surface area contributed by atoms with Crippen molar-refractivity contribution in [2.45, 2.75) is 57.5 Å². The molecule has 2 saturated heterocycles. The molecule has 0 aliphatic carbocycles. The topological polar surface area (TPSA) is 56.2 Å². The summed E-state index contributed by atoms with van der Waals surface area (Å²) < 4.78 is 49.3. The fourth-order valence-corrected chi connectivity index (χ4v) is 5.17. The number of benzene rings is 2. The number of rotatable bonds is 8. The Hall–Kier alpha value is -2.13. The summed E-state index contributed by atoms with van der Waals surface area (Å²) in [6, 6.07) is 9.03. The number of ether oxygens (including phenoxy) is 1. The predicted molar refractivity (Wildman–Crippen MR) is 133 cm³/mol. The molecule has 0 saturated carbocycles. The van der Waals surface area contributed by atoms with Gasteiger partial charge in [-0.1, -0.05) is 18.2 Å².